The Labute approximate surface area is 165 Å². The first kappa shape index (κ1) is 19.7. The number of aromatic amines is 1. The number of H-pyrrole nitrogens is 1. The Bertz CT molecular complexity index is 1150. The van der Waals surface area contributed by atoms with E-state index >= 15 is 0 Å². The number of aliphatic carboxylic acids is 1. The van der Waals surface area contributed by atoms with Crippen LogP contribution < -0.4 is 15.6 Å². The van der Waals surface area contributed by atoms with E-state index in [1.54, 1.807) is 12.1 Å². The highest BCUT2D eigenvalue weighted by Gasteiger charge is 2.22. The summed E-state index contributed by atoms with van der Waals surface area (Å²) in [5.74, 6) is -2.53. The average molecular weight is 394 g/mol. The first-order valence-electron chi connectivity index (χ1n) is 8.64. The van der Waals surface area contributed by atoms with Crippen LogP contribution in [0.25, 0.3) is 22.0 Å². The Morgan fingerprint density at radius 1 is 1.17 bits per heavy atom. The average Bonchev–Trinajstić information content (AvgIpc) is 2.71. The third-order valence-corrected chi connectivity index (χ3v) is 4.15. The molecule has 148 valence electrons. The minimum atomic E-state index is -1.28. The van der Waals surface area contributed by atoms with Crippen LogP contribution in [0, 0.1) is 0 Å². The van der Waals surface area contributed by atoms with Gasteiger partial charge >= 0.3 is 5.97 Å². The SMILES string of the molecule is C=CCOc1cc(-c2ccccc2)cc2c(O)c(C(=O)NCC(=O)O)c(=O)[nH]c12. The van der Waals surface area contributed by atoms with E-state index in [0.717, 1.165) is 5.56 Å². The zero-order valence-corrected chi connectivity index (χ0v) is 15.3. The molecule has 3 rings (SSSR count). The van der Waals surface area contributed by atoms with Crippen LogP contribution in [-0.2, 0) is 4.79 Å². The van der Waals surface area contributed by atoms with Crippen LogP contribution >= 0.6 is 0 Å². The van der Waals surface area contributed by atoms with Gasteiger partial charge in [-0.3, -0.25) is 14.4 Å². The molecule has 0 fully saturated rings. The van der Waals surface area contributed by atoms with Crippen LogP contribution in [0.2, 0.25) is 0 Å². The molecular formula is C21H18N2O6. The van der Waals surface area contributed by atoms with Gasteiger partial charge in [0.2, 0.25) is 0 Å². The third-order valence-electron chi connectivity index (χ3n) is 4.15. The van der Waals surface area contributed by atoms with Crippen molar-refractivity contribution in [3.05, 3.63) is 71.0 Å². The monoisotopic (exact) mass is 394 g/mol. The second kappa shape index (κ2) is 8.30. The molecule has 1 aromatic heterocycles. The molecule has 29 heavy (non-hydrogen) atoms. The highest BCUT2D eigenvalue weighted by Crippen LogP contribution is 2.36. The quantitative estimate of drug-likeness (QED) is 0.455. The predicted molar refractivity (Wildman–Crippen MR) is 107 cm³/mol. The Morgan fingerprint density at radius 2 is 1.90 bits per heavy atom. The smallest absolute Gasteiger partial charge is 0.322 e. The van der Waals surface area contributed by atoms with Gasteiger partial charge in [0.05, 0.1) is 5.52 Å². The molecule has 0 aliphatic carbocycles. The molecule has 3 aromatic rings. The summed E-state index contributed by atoms with van der Waals surface area (Å²) in [6.07, 6.45) is 1.53. The first-order valence-corrected chi connectivity index (χ1v) is 8.64. The topological polar surface area (TPSA) is 129 Å². The van der Waals surface area contributed by atoms with Gasteiger partial charge in [-0.05, 0) is 23.3 Å². The lowest BCUT2D eigenvalue weighted by Crippen LogP contribution is -2.33. The zero-order chi connectivity index (χ0) is 21.0. The molecule has 0 atom stereocenters. The Hall–Kier alpha value is -4.07. The van der Waals surface area contributed by atoms with E-state index in [9.17, 15) is 19.5 Å². The van der Waals surface area contributed by atoms with Crippen molar-refractivity contribution in [3.8, 4) is 22.6 Å². The van der Waals surface area contributed by atoms with Gasteiger partial charge in [0.1, 0.15) is 30.2 Å². The number of rotatable bonds is 7. The van der Waals surface area contributed by atoms with Gasteiger partial charge in [0, 0.05) is 5.39 Å². The molecule has 0 spiro atoms. The van der Waals surface area contributed by atoms with Crippen molar-refractivity contribution >= 4 is 22.8 Å². The van der Waals surface area contributed by atoms with Crippen molar-refractivity contribution in [2.45, 2.75) is 0 Å². The van der Waals surface area contributed by atoms with E-state index in [1.807, 2.05) is 30.3 Å². The molecule has 0 aliphatic rings. The maximum absolute atomic E-state index is 12.4. The number of ether oxygens (including phenoxy) is 1. The van der Waals surface area contributed by atoms with E-state index in [1.165, 1.54) is 6.08 Å². The van der Waals surface area contributed by atoms with Crippen LogP contribution in [0.1, 0.15) is 10.4 Å². The van der Waals surface area contributed by atoms with Gasteiger partial charge in [0.15, 0.2) is 0 Å². The van der Waals surface area contributed by atoms with Crippen molar-refractivity contribution in [3.63, 3.8) is 0 Å². The second-order valence-electron chi connectivity index (χ2n) is 6.12. The molecule has 8 nitrogen and oxygen atoms in total. The normalized spacial score (nSPS) is 10.5. The molecule has 8 heteroatoms. The van der Waals surface area contributed by atoms with E-state index in [4.69, 9.17) is 9.84 Å². The number of amides is 1. The molecule has 0 bridgehead atoms. The van der Waals surface area contributed by atoms with Crippen molar-refractivity contribution in [2.75, 3.05) is 13.2 Å². The van der Waals surface area contributed by atoms with Crippen molar-refractivity contribution in [1.82, 2.24) is 10.3 Å². The highest BCUT2D eigenvalue weighted by atomic mass is 16.5. The lowest BCUT2D eigenvalue weighted by atomic mass is 10.0. The molecule has 0 radical (unpaired) electrons. The van der Waals surface area contributed by atoms with Crippen LogP contribution in [-0.4, -0.2) is 40.2 Å². The molecule has 2 aromatic carbocycles. The second-order valence-corrected chi connectivity index (χ2v) is 6.12. The molecule has 0 saturated heterocycles. The summed E-state index contributed by atoms with van der Waals surface area (Å²) < 4.78 is 5.64. The summed E-state index contributed by atoms with van der Waals surface area (Å²) in [6.45, 7) is 3.07. The fourth-order valence-electron chi connectivity index (χ4n) is 2.86. The Kier molecular flexibility index (Phi) is 5.64. The van der Waals surface area contributed by atoms with Crippen molar-refractivity contribution < 1.29 is 24.5 Å². The number of benzene rings is 2. The Morgan fingerprint density at radius 3 is 2.55 bits per heavy atom. The van der Waals surface area contributed by atoms with E-state index in [-0.39, 0.29) is 17.5 Å². The largest absolute Gasteiger partial charge is 0.506 e. The molecule has 4 N–H and O–H groups in total. The number of pyridine rings is 1. The summed E-state index contributed by atoms with van der Waals surface area (Å²) in [6, 6.07) is 12.6. The van der Waals surface area contributed by atoms with E-state index < -0.39 is 35.3 Å². The molecule has 0 saturated carbocycles. The standard InChI is InChI=1S/C21H18N2O6/c1-2-8-29-15-10-13(12-6-4-3-5-7-12)9-14-18(15)23-21(28)17(19(14)26)20(27)22-11-16(24)25/h2-7,9-10H,1,8,11H2,(H,22,27)(H,24,25)(H2,23,26,28). The number of fused-ring (bicyclic) bond motifs is 1. The number of carbonyl (C=O) groups excluding carboxylic acids is 1. The van der Waals surface area contributed by atoms with Gasteiger partial charge in [-0.1, -0.05) is 43.0 Å². The predicted octanol–water partition coefficient (Wildman–Crippen LogP) is 2.28. The minimum absolute atomic E-state index is 0.164. The van der Waals surface area contributed by atoms with Crippen LogP contribution in [0.3, 0.4) is 0 Å². The number of hydrogen-bond donors (Lipinski definition) is 4. The van der Waals surface area contributed by atoms with Crippen LogP contribution in [0.5, 0.6) is 11.5 Å². The summed E-state index contributed by atoms with van der Waals surface area (Å²) in [7, 11) is 0. The number of nitrogens with one attached hydrogen (secondary N) is 2. The molecule has 0 unspecified atom stereocenters. The summed E-state index contributed by atoms with van der Waals surface area (Å²) in [5.41, 5.74) is 0.299. The summed E-state index contributed by atoms with van der Waals surface area (Å²) in [5, 5.41) is 21.7. The maximum atomic E-state index is 12.4. The lowest BCUT2D eigenvalue weighted by molar-refractivity contribution is -0.135. The van der Waals surface area contributed by atoms with Crippen molar-refractivity contribution in [1.29, 1.82) is 0 Å². The first-order chi connectivity index (χ1) is 13.9. The molecule has 1 amide bonds. The maximum Gasteiger partial charge on any atom is 0.322 e. The number of aromatic nitrogens is 1. The van der Waals surface area contributed by atoms with Crippen LogP contribution in [0.15, 0.2) is 59.9 Å². The van der Waals surface area contributed by atoms with Gasteiger partial charge in [0.25, 0.3) is 11.5 Å². The van der Waals surface area contributed by atoms with Gasteiger partial charge in [-0.25, -0.2) is 0 Å². The molecule has 1 heterocycles. The fraction of sp³-hybridized carbons (Fsp3) is 0.0952. The lowest BCUT2D eigenvalue weighted by Gasteiger charge is -2.14. The van der Waals surface area contributed by atoms with E-state index in [2.05, 4.69) is 16.9 Å². The van der Waals surface area contributed by atoms with Gasteiger partial charge in [-0.15, -0.1) is 0 Å². The summed E-state index contributed by atoms with van der Waals surface area (Å²) >= 11 is 0. The van der Waals surface area contributed by atoms with Gasteiger partial charge < -0.3 is 25.3 Å². The number of aromatic hydroxyl groups is 1. The van der Waals surface area contributed by atoms with Crippen molar-refractivity contribution in [2.24, 2.45) is 0 Å². The summed E-state index contributed by atoms with van der Waals surface area (Å²) in [4.78, 5) is 37.9. The zero-order valence-electron chi connectivity index (χ0n) is 15.3. The van der Waals surface area contributed by atoms with Gasteiger partial charge in [-0.2, -0.15) is 0 Å². The number of carbonyl (C=O) groups is 2. The number of hydrogen-bond acceptors (Lipinski definition) is 5. The fourth-order valence-corrected chi connectivity index (χ4v) is 2.86. The Balaban J connectivity index is 2.22. The number of carboxylic acid groups (broad SMARTS) is 1. The molecule has 0 aliphatic heterocycles. The highest BCUT2D eigenvalue weighted by molar-refractivity contribution is 6.04. The number of carboxylic acids is 1. The van der Waals surface area contributed by atoms with E-state index in [0.29, 0.717) is 11.3 Å². The molecular weight excluding hydrogens is 376 g/mol. The third kappa shape index (κ3) is 4.11. The minimum Gasteiger partial charge on any atom is -0.506 e. The van der Waals surface area contributed by atoms with Crippen LogP contribution in [0.4, 0.5) is 0 Å².